The maximum Gasteiger partial charge on any atom is 0.181 e. The van der Waals surface area contributed by atoms with E-state index in [1.54, 1.807) is 11.3 Å². The number of nitrogens with zero attached hydrogens (tertiary/aromatic N) is 3. The van der Waals surface area contributed by atoms with Crippen LogP contribution in [-0.4, -0.2) is 21.5 Å². The van der Waals surface area contributed by atoms with E-state index in [0.29, 0.717) is 0 Å². The van der Waals surface area contributed by atoms with Crippen LogP contribution in [-0.2, 0) is 11.5 Å². The molecule has 3 rings (SSSR count). The van der Waals surface area contributed by atoms with Gasteiger partial charge in [0.1, 0.15) is 11.5 Å². The number of hydrogen-bond donors (Lipinski definition) is 1. The molecule has 0 fully saturated rings. The minimum Gasteiger partial charge on any atom is -0.370 e. The van der Waals surface area contributed by atoms with Crippen LogP contribution in [0.4, 0.5) is 5.82 Å². The molecule has 0 aromatic carbocycles. The normalized spacial score (nSPS) is 13.7. The highest BCUT2D eigenvalue weighted by molar-refractivity contribution is 7.98. The first-order chi connectivity index (χ1) is 8.78. The fourth-order valence-electron chi connectivity index (χ4n) is 1.95. The Morgan fingerprint density at radius 1 is 1.28 bits per heavy atom. The van der Waals surface area contributed by atoms with Crippen molar-refractivity contribution in [3.63, 3.8) is 0 Å². The molecule has 18 heavy (non-hydrogen) atoms. The summed E-state index contributed by atoms with van der Waals surface area (Å²) in [4.78, 5) is 13.7. The Morgan fingerprint density at radius 3 is 2.89 bits per heavy atom. The largest absolute Gasteiger partial charge is 0.370 e. The first-order valence-corrected chi connectivity index (χ1v) is 7.95. The van der Waals surface area contributed by atoms with Gasteiger partial charge in [-0.2, -0.15) is 11.8 Å². The number of nitrogens with one attached hydrogen (secondary N) is 1. The fourth-order valence-corrected chi connectivity index (χ4v) is 3.58. The standard InChI is InChI=1S/C12H14N4S2/c1-3-13-11-8-4-17-5-9(8)15-12(16-11)10-6-18-7(2)14-10/h6H,3-5H2,1-2H3,(H,13,15,16). The van der Waals surface area contributed by atoms with Crippen LogP contribution in [0, 0.1) is 6.92 Å². The Bertz CT molecular complexity index is 579. The van der Waals surface area contributed by atoms with Crippen LogP contribution in [0.3, 0.4) is 0 Å². The van der Waals surface area contributed by atoms with Crippen molar-refractivity contribution in [1.82, 2.24) is 15.0 Å². The summed E-state index contributed by atoms with van der Waals surface area (Å²) in [6.45, 7) is 4.97. The zero-order valence-electron chi connectivity index (χ0n) is 10.4. The lowest BCUT2D eigenvalue weighted by Crippen LogP contribution is -2.06. The highest BCUT2D eigenvalue weighted by Crippen LogP contribution is 2.34. The van der Waals surface area contributed by atoms with Gasteiger partial charge in [0.25, 0.3) is 0 Å². The summed E-state index contributed by atoms with van der Waals surface area (Å²) in [6.07, 6.45) is 0. The lowest BCUT2D eigenvalue weighted by Gasteiger charge is -2.09. The molecule has 0 saturated carbocycles. The van der Waals surface area contributed by atoms with Gasteiger partial charge in [-0.3, -0.25) is 0 Å². The van der Waals surface area contributed by atoms with Gasteiger partial charge in [0.2, 0.25) is 0 Å². The van der Waals surface area contributed by atoms with Gasteiger partial charge in [-0.25, -0.2) is 15.0 Å². The third-order valence-electron chi connectivity index (χ3n) is 2.77. The molecule has 3 heterocycles. The van der Waals surface area contributed by atoms with Gasteiger partial charge in [-0.1, -0.05) is 0 Å². The van der Waals surface area contributed by atoms with E-state index in [9.17, 15) is 0 Å². The summed E-state index contributed by atoms with van der Waals surface area (Å²) >= 11 is 3.53. The quantitative estimate of drug-likeness (QED) is 0.935. The second kappa shape index (κ2) is 4.85. The SMILES string of the molecule is CCNc1nc(-c2csc(C)n2)nc2c1CSC2. The Hall–Kier alpha value is -1.14. The van der Waals surface area contributed by atoms with Crippen LogP contribution < -0.4 is 5.32 Å². The van der Waals surface area contributed by atoms with E-state index in [1.165, 1.54) is 5.56 Å². The lowest BCUT2D eigenvalue weighted by molar-refractivity contribution is 1.04. The van der Waals surface area contributed by atoms with Gasteiger partial charge >= 0.3 is 0 Å². The second-order valence-electron chi connectivity index (χ2n) is 4.10. The number of aryl methyl sites for hydroxylation is 1. The van der Waals surface area contributed by atoms with Crippen molar-refractivity contribution in [1.29, 1.82) is 0 Å². The molecule has 0 radical (unpaired) electrons. The van der Waals surface area contributed by atoms with Gasteiger partial charge in [0.15, 0.2) is 5.82 Å². The Balaban J connectivity index is 2.08. The topological polar surface area (TPSA) is 50.7 Å². The molecule has 1 N–H and O–H groups in total. The van der Waals surface area contributed by atoms with Gasteiger partial charge in [-0.15, -0.1) is 11.3 Å². The van der Waals surface area contributed by atoms with Crippen molar-refractivity contribution in [3.05, 3.63) is 21.6 Å². The number of thiazole rings is 1. The smallest absolute Gasteiger partial charge is 0.181 e. The highest BCUT2D eigenvalue weighted by Gasteiger charge is 2.20. The molecular formula is C12H14N4S2. The van der Waals surface area contributed by atoms with E-state index in [1.807, 2.05) is 24.1 Å². The first-order valence-electron chi connectivity index (χ1n) is 5.92. The maximum absolute atomic E-state index is 4.65. The summed E-state index contributed by atoms with van der Waals surface area (Å²) in [6, 6.07) is 0. The Kier molecular flexibility index (Phi) is 3.22. The summed E-state index contributed by atoms with van der Waals surface area (Å²) in [5, 5.41) is 6.41. The molecular weight excluding hydrogens is 264 g/mol. The molecule has 0 atom stereocenters. The van der Waals surface area contributed by atoms with Crippen molar-refractivity contribution in [2.45, 2.75) is 25.4 Å². The highest BCUT2D eigenvalue weighted by atomic mass is 32.2. The minimum absolute atomic E-state index is 0.747. The molecule has 0 spiro atoms. The number of aromatic nitrogens is 3. The summed E-state index contributed by atoms with van der Waals surface area (Å²) in [5.41, 5.74) is 3.31. The van der Waals surface area contributed by atoms with Crippen molar-refractivity contribution >= 4 is 28.9 Å². The van der Waals surface area contributed by atoms with Crippen molar-refractivity contribution in [2.24, 2.45) is 0 Å². The molecule has 2 aromatic heterocycles. The van der Waals surface area contributed by atoms with Gasteiger partial charge < -0.3 is 5.32 Å². The van der Waals surface area contributed by atoms with Crippen LogP contribution in [0.25, 0.3) is 11.5 Å². The Labute approximate surface area is 114 Å². The van der Waals surface area contributed by atoms with E-state index in [4.69, 9.17) is 0 Å². The molecule has 0 saturated heterocycles. The molecule has 1 aliphatic heterocycles. The van der Waals surface area contributed by atoms with Crippen LogP contribution >= 0.6 is 23.1 Å². The predicted molar refractivity (Wildman–Crippen MR) is 77.0 cm³/mol. The average Bonchev–Trinajstić information content (AvgIpc) is 2.97. The zero-order chi connectivity index (χ0) is 12.5. The van der Waals surface area contributed by atoms with Crippen molar-refractivity contribution in [2.75, 3.05) is 11.9 Å². The third kappa shape index (κ3) is 2.10. The molecule has 0 aliphatic carbocycles. The van der Waals surface area contributed by atoms with E-state index < -0.39 is 0 Å². The predicted octanol–water partition coefficient (Wildman–Crippen LogP) is 3.09. The number of hydrogen-bond acceptors (Lipinski definition) is 6. The second-order valence-corrected chi connectivity index (χ2v) is 6.14. The number of rotatable bonds is 3. The van der Waals surface area contributed by atoms with Gasteiger partial charge in [0.05, 0.1) is 10.7 Å². The van der Waals surface area contributed by atoms with Crippen molar-refractivity contribution in [3.8, 4) is 11.5 Å². The summed E-state index contributed by atoms with van der Waals surface area (Å²) in [7, 11) is 0. The van der Waals surface area contributed by atoms with Crippen LogP contribution in [0.1, 0.15) is 23.2 Å². The molecule has 94 valence electrons. The molecule has 6 heteroatoms. The monoisotopic (exact) mass is 278 g/mol. The maximum atomic E-state index is 4.65. The molecule has 1 aliphatic rings. The van der Waals surface area contributed by atoms with E-state index in [-0.39, 0.29) is 0 Å². The summed E-state index contributed by atoms with van der Waals surface area (Å²) < 4.78 is 0. The van der Waals surface area contributed by atoms with E-state index >= 15 is 0 Å². The molecule has 0 bridgehead atoms. The number of anilines is 1. The van der Waals surface area contributed by atoms with E-state index in [2.05, 4.69) is 27.2 Å². The van der Waals surface area contributed by atoms with Gasteiger partial charge in [0, 0.05) is 29.0 Å². The van der Waals surface area contributed by atoms with E-state index in [0.717, 1.165) is 46.1 Å². The molecule has 0 unspecified atom stereocenters. The number of thioether (sulfide) groups is 1. The average molecular weight is 278 g/mol. The summed E-state index contributed by atoms with van der Waals surface area (Å²) in [5.74, 6) is 3.71. The van der Waals surface area contributed by atoms with Crippen LogP contribution in [0.2, 0.25) is 0 Å². The zero-order valence-corrected chi connectivity index (χ0v) is 12.0. The molecule has 4 nitrogen and oxygen atoms in total. The number of fused-ring (bicyclic) bond motifs is 1. The van der Waals surface area contributed by atoms with Gasteiger partial charge in [-0.05, 0) is 13.8 Å². The van der Waals surface area contributed by atoms with Crippen LogP contribution in [0.15, 0.2) is 5.38 Å². The first kappa shape index (κ1) is 11.9. The molecule has 0 amide bonds. The van der Waals surface area contributed by atoms with Crippen LogP contribution in [0.5, 0.6) is 0 Å². The fraction of sp³-hybridized carbons (Fsp3) is 0.417. The minimum atomic E-state index is 0.747. The third-order valence-corrected chi connectivity index (χ3v) is 4.51. The van der Waals surface area contributed by atoms with Crippen molar-refractivity contribution < 1.29 is 0 Å². The lowest BCUT2D eigenvalue weighted by atomic mass is 10.2. The molecule has 2 aromatic rings. The Morgan fingerprint density at radius 2 is 2.17 bits per heavy atom.